The standard InChI is InChI=1S/C7H8.CHF3O3S.Ag/c1-7-5-3-2-4-6-7;2-1(3,4)8(5,6)7;/h2-6H,1H3;(H,5,6,7);/q;;+1/p-1. The fourth-order valence-corrected chi connectivity index (χ4v) is 0.534. The smallest absolute Gasteiger partial charge is 0.741 e. The van der Waals surface area contributed by atoms with Crippen molar-refractivity contribution in [3.63, 3.8) is 0 Å². The van der Waals surface area contributed by atoms with E-state index in [-0.39, 0.29) is 22.4 Å². The molecule has 0 aliphatic rings. The van der Waals surface area contributed by atoms with Crippen molar-refractivity contribution >= 4 is 10.1 Å². The van der Waals surface area contributed by atoms with Crippen molar-refractivity contribution in [2.24, 2.45) is 0 Å². The number of alkyl halides is 3. The Labute approximate surface area is 107 Å². The molecule has 0 unspecified atom stereocenters. The van der Waals surface area contributed by atoms with Gasteiger partial charge in [-0.05, 0) is 6.92 Å². The third kappa shape index (κ3) is 7.89. The van der Waals surface area contributed by atoms with Crippen molar-refractivity contribution in [3.05, 3.63) is 35.9 Å². The topological polar surface area (TPSA) is 57.2 Å². The summed E-state index contributed by atoms with van der Waals surface area (Å²) < 4.78 is 58.9. The van der Waals surface area contributed by atoms with Crippen molar-refractivity contribution < 1.29 is 48.5 Å². The van der Waals surface area contributed by atoms with Gasteiger partial charge < -0.3 is 4.55 Å². The van der Waals surface area contributed by atoms with E-state index < -0.39 is 15.6 Å². The summed E-state index contributed by atoms with van der Waals surface area (Å²) in [6.45, 7) is 2.08. The van der Waals surface area contributed by atoms with Gasteiger partial charge in [-0.15, -0.1) is 0 Å². The normalized spacial score (nSPS) is 10.8. The van der Waals surface area contributed by atoms with Crippen LogP contribution in [0.5, 0.6) is 0 Å². The summed E-state index contributed by atoms with van der Waals surface area (Å²) in [5.74, 6) is 0. The number of benzene rings is 1. The molecule has 0 aliphatic heterocycles. The van der Waals surface area contributed by atoms with Crippen LogP contribution >= 0.6 is 0 Å². The van der Waals surface area contributed by atoms with Crippen LogP contribution in [0.2, 0.25) is 0 Å². The average molecular weight is 349 g/mol. The molecule has 0 spiro atoms. The van der Waals surface area contributed by atoms with Gasteiger partial charge in [0, 0.05) is 0 Å². The zero-order valence-corrected chi connectivity index (χ0v) is 10.3. The summed E-state index contributed by atoms with van der Waals surface area (Å²) in [5.41, 5.74) is -4.32. The van der Waals surface area contributed by atoms with Crippen LogP contribution < -0.4 is 0 Å². The molecule has 0 aromatic heterocycles. The maximum atomic E-state index is 10.7. The molecule has 16 heavy (non-hydrogen) atoms. The van der Waals surface area contributed by atoms with Crippen molar-refractivity contribution in [1.82, 2.24) is 0 Å². The Morgan fingerprint density at radius 2 is 1.44 bits per heavy atom. The first kappa shape index (κ1) is 18.0. The molecule has 1 aromatic carbocycles. The van der Waals surface area contributed by atoms with E-state index in [4.69, 9.17) is 13.0 Å². The second-order valence-corrected chi connectivity index (χ2v) is 3.93. The fourth-order valence-electron chi connectivity index (χ4n) is 0.534. The second kappa shape index (κ2) is 7.08. The zero-order chi connectivity index (χ0) is 12.1. The maximum absolute atomic E-state index is 10.7. The van der Waals surface area contributed by atoms with Gasteiger partial charge in [0.25, 0.3) is 0 Å². The van der Waals surface area contributed by atoms with Crippen LogP contribution in [0.4, 0.5) is 13.2 Å². The van der Waals surface area contributed by atoms with Crippen LogP contribution in [-0.4, -0.2) is 18.5 Å². The third-order valence-electron chi connectivity index (χ3n) is 1.22. The van der Waals surface area contributed by atoms with Crippen LogP contribution in [0.3, 0.4) is 0 Å². The molecule has 96 valence electrons. The molecule has 1 aromatic rings. The summed E-state index contributed by atoms with van der Waals surface area (Å²) in [6, 6.07) is 10.3. The van der Waals surface area contributed by atoms with Gasteiger partial charge in [-0.3, -0.25) is 0 Å². The van der Waals surface area contributed by atoms with E-state index in [1.807, 2.05) is 18.2 Å². The molecule has 0 amide bonds. The van der Waals surface area contributed by atoms with Gasteiger partial charge in [-0.1, -0.05) is 35.9 Å². The molecule has 0 atom stereocenters. The molecule has 0 bridgehead atoms. The van der Waals surface area contributed by atoms with Crippen molar-refractivity contribution in [1.29, 1.82) is 0 Å². The second-order valence-electron chi connectivity index (χ2n) is 2.55. The van der Waals surface area contributed by atoms with Gasteiger partial charge in [-0.2, -0.15) is 13.2 Å². The summed E-state index contributed by atoms with van der Waals surface area (Å²) in [4.78, 5) is 0. The monoisotopic (exact) mass is 348 g/mol. The molecule has 8 heteroatoms. The molecule has 0 heterocycles. The van der Waals surface area contributed by atoms with Gasteiger partial charge in [-0.25, -0.2) is 8.42 Å². The number of hydrogen-bond donors (Lipinski definition) is 0. The van der Waals surface area contributed by atoms with Gasteiger partial charge in [0.15, 0.2) is 10.1 Å². The SMILES string of the molecule is Cc1ccccc1.O=S(=O)([O-])C(F)(F)F.[Ag+]. The Kier molecular flexibility index (Phi) is 7.98. The van der Waals surface area contributed by atoms with E-state index in [0.29, 0.717) is 0 Å². The summed E-state index contributed by atoms with van der Waals surface area (Å²) in [5, 5.41) is 0. The Morgan fingerprint density at radius 1 is 1.12 bits per heavy atom. The Morgan fingerprint density at radius 3 is 1.56 bits per heavy atom. The van der Waals surface area contributed by atoms with E-state index in [0.717, 1.165) is 0 Å². The van der Waals surface area contributed by atoms with Gasteiger partial charge in [0.05, 0.1) is 0 Å². The Bertz CT molecular complexity index is 389. The van der Waals surface area contributed by atoms with E-state index in [2.05, 4.69) is 19.1 Å². The van der Waals surface area contributed by atoms with Crippen LogP contribution in [0, 0.1) is 6.92 Å². The number of aryl methyl sites for hydroxylation is 1. The first-order valence-corrected chi connectivity index (χ1v) is 5.09. The van der Waals surface area contributed by atoms with E-state index in [1.165, 1.54) is 5.56 Å². The van der Waals surface area contributed by atoms with Gasteiger partial charge >= 0.3 is 27.9 Å². The van der Waals surface area contributed by atoms with Crippen molar-refractivity contribution in [3.8, 4) is 0 Å². The maximum Gasteiger partial charge on any atom is 1.00 e. The van der Waals surface area contributed by atoms with Gasteiger partial charge in [0.1, 0.15) is 0 Å². The summed E-state index contributed by atoms with van der Waals surface area (Å²) in [6.07, 6.45) is 0. The number of hydrogen-bond acceptors (Lipinski definition) is 3. The van der Waals surface area contributed by atoms with E-state index >= 15 is 0 Å². The van der Waals surface area contributed by atoms with E-state index in [9.17, 15) is 13.2 Å². The summed E-state index contributed by atoms with van der Waals surface area (Å²) in [7, 11) is -6.09. The minimum atomic E-state index is -6.09. The van der Waals surface area contributed by atoms with Crippen LogP contribution in [0.1, 0.15) is 5.56 Å². The Hall–Kier alpha value is -0.340. The largest absolute Gasteiger partial charge is 1.00 e. The zero-order valence-electron chi connectivity index (χ0n) is 7.96. The minimum absolute atomic E-state index is 0. The molecular formula is C8H8AgF3O3S. The van der Waals surface area contributed by atoms with Crippen LogP contribution in [-0.2, 0) is 32.5 Å². The molecule has 0 radical (unpaired) electrons. The molecule has 0 saturated heterocycles. The predicted octanol–water partition coefficient (Wildman–Crippen LogP) is 2.04. The fraction of sp³-hybridized carbons (Fsp3) is 0.250. The predicted molar refractivity (Wildman–Crippen MR) is 46.9 cm³/mol. The average Bonchev–Trinajstić information content (AvgIpc) is 2.02. The molecule has 3 nitrogen and oxygen atoms in total. The molecule has 0 fully saturated rings. The quantitative estimate of drug-likeness (QED) is 0.409. The first-order valence-electron chi connectivity index (χ1n) is 3.68. The molecule has 1 rings (SSSR count). The van der Waals surface area contributed by atoms with Crippen molar-refractivity contribution in [2.45, 2.75) is 12.4 Å². The Balaban J connectivity index is 0. The molecule has 0 N–H and O–H groups in total. The number of halogens is 3. The molecule has 0 aliphatic carbocycles. The number of rotatable bonds is 0. The van der Waals surface area contributed by atoms with Crippen LogP contribution in [0.25, 0.3) is 0 Å². The van der Waals surface area contributed by atoms with E-state index in [1.54, 1.807) is 0 Å². The summed E-state index contributed by atoms with van der Waals surface area (Å²) >= 11 is 0. The van der Waals surface area contributed by atoms with Crippen molar-refractivity contribution in [2.75, 3.05) is 0 Å². The minimum Gasteiger partial charge on any atom is -0.741 e. The third-order valence-corrected chi connectivity index (χ3v) is 1.79. The molecular weight excluding hydrogens is 341 g/mol. The van der Waals surface area contributed by atoms with Crippen LogP contribution in [0.15, 0.2) is 30.3 Å². The molecule has 0 saturated carbocycles. The van der Waals surface area contributed by atoms with Gasteiger partial charge in [0.2, 0.25) is 0 Å². The first-order chi connectivity index (χ1) is 6.64.